The largest absolute Gasteiger partial charge is 0.366 e. The molecule has 150 valence electrons. The summed E-state index contributed by atoms with van der Waals surface area (Å²) in [5, 5.41) is 0.748. The lowest BCUT2D eigenvalue weighted by atomic mass is 9.97. The molecule has 1 saturated heterocycles. The van der Waals surface area contributed by atoms with Crippen LogP contribution in [0.4, 0.5) is 10.1 Å². The quantitative estimate of drug-likeness (QED) is 0.629. The van der Waals surface area contributed by atoms with E-state index in [1.165, 1.54) is 24.3 Å². The molecule has 0 saturated carbocycles. The highest BCUT2D eigenvalue weighted by Crippen LogP contribution is 2.39. The molecule has 7 heteroatoms. The zero-order valence-corrected chi connectivity index (χ0v) is 17.3. The van der Waals surface area contributed by atoms with Crippen molar-refractivity contribution in [1.82, 2.24) is 4.90 Å². The van der Waals surface area contributed by atoms with Crippen LogP contribution in [-0.4, -0.2) is 29.8 Å². The number of halogens is 3. The first-order valence-electron chi connectivity index (χ1n) is 9.46. The van der Waals surface area contributed by atoms with E-state index in [1.807, 2.05) is 4.90 Å². The highest BCUT2D eigenvalue weighted by atomic mass is 35.5. The first-order chi connectivity index (χ1) is 13.9. The molecule has 2 aromatic rings. The van der Waals surface area contributed by atoms with Gasteiger partial charge in [0.2, 0.25) is 0 Å². The van der Waals surface area contributed by atoms with E-state index in [4.69, 9.17) is 23.2 Å². The Morgan fingerprint density at radius 1 is 0.966 bits per heavy atom. The summed E-state index contributed by atoms with van der Waals surface area (Å²) in [7, 11) is 0. The number of carbonyl (C=O) groups is 2. The Hall–Kier alpha value is -2.37. The maximum Gasteiger partial charge on any atom is 0.282 e. The second-order valence-electron chi connectivity index (χ2n) is 7.44. The first-order valence-corrected chi connectivity index (χ1v) is 10.2. The van der Waals surface area contributed by atoms with Crippen molar-refractivity contribution in [1.29, 1.82) is 0 Å². The van der Waals surface area contributed by atoms with Crippen molar-refractivity contribution in [3.63, 3.8) is 0 Å². The summed E-state index contributed by atoms with van der Waals surface area (Å²) >= 11 is 12.4. The molecular weight excluding hydrogens is 414 g/mol. The van der Waals surface area contributed by atoms with Crippen LogP contribution in [0.15, 0.2) is 48.2 Å². The zero-order valence-electron chi connectivity index (χ0n) is 15.8. The molecule has 0 atom stereocenters. The normalized spacial score (nSPS) is 18.2. The average Bonchev–Trinajstić information content (AvgIpc) is 2.94. The number of nitrogens with zero attached hydrogens (tertiary/aromatic N) is 2. The predicted molar refractivity (Wildman–Crippen MR) is 112 cm³/mol. The van der Waals surface area contributed by atoms with Gasteiger partial charge in [0.15, 0.2) is 0 Å². The molecule has 0 N–H and O–H groups in total. The van der Waals surface area contributed by atoms with Crippen LogP contribution in [0.5, 0.6) is 0 Å². The van der Waals surface area contributed by atoms with E-state index in [9.17, 15) is 14.0 Å². The second kappa shape index (κ2) is 7.81. The molecule has 0 bridgehead atoms. The van der Waals surface area contributed by atoms with E-state index in [-0.39, 0.29) is 5.57 Å². The molecule has 1 fully saturated rings. The van der Waals surface area contributed by atoms with Crippen molar-refractivity contribution >= 4 is 46.3 Å². The predicted octanol–water partition coefficient (Wildman–Crippen LogP) is 5.15. The molecule has 0 spiro atoms. The number of carbonyl (C=O) groups excluding carboxylic acids is 2. The summed E-state index contributed by atoms with van der Waals surface area (Å²) in [6, 6.07) is 10.2. The van der Waals surface area contributed by atoms with E-state index in [2.05, 4.69) is 6.92 Å². The number of hydrogen-bond donors (Lipinski definition) is 0. The number of amides is 2. The molecule has 2 aliphatic rings. The molecule has 2 aliphatic heterocycles. The van der Waals surface area contributed by atoms with E-state index >= 15 is 0 Å². The molecular formula is C22H19Cl2FN2O2. The molecule has 0 aliphatic carbocycles. The van der Waals surface area contributed by atoms with Gasteiger partial charge in [0, 0.05) is 23.7 Å². The fourth-order valence-corrected chi connectivity index (χ4v) is 4.31. The van der Waals surface area contributed by atoms with Gasteiger partial charge in [-0.05, 0) is 55.2 Å². The maximum atomic E-state index is 13.4. The van der Waals surface area contributed by atoms with Gasteiger partial charge >= 0.3 is 0 Å². The highest BCUT2D eigenvalue weighted by Gasteiger charge is 2.43. The second-order valence-corrected chi connectivity index (χ2v) is 8.28. The minimum Gasteiger partial charge on any atom is -0.366 e. The fourth-order valence-electron chi connectivity index (χ4n) is 3.80. The molecule has 4 rings (SSSR count). The molecule has 2 aromatic carbocycles. The lowest BCUT2D eigenvalue weighted by molar-refractivity contribution is -0.120. The van der Waals surface area contributed by atoms with Crippen LogP contribution in [0.1, 0.15) is 25.3 Å². The van der Waals surface area contributed by atoms with Gasteiger partial charge in [-0.25, -0.2) is 9.29 Å². The number of anilines is 1. The van der Waals surface area contributed by atoms with Crippen LogP contribution in [-0.2, 0) is 9.59 Å². The van der Waals surface area contributed by atoms with E-state index in [0.29, 0.717) is 46.0 Å². The van der Waals surface area contributed by atoms with Crippen molar-refractivity contribution in [3.05, 3.63) is 69.6 Å². The molecule has 4 nitrogen and oxygen atoms in total. The van der Waals surface area contributed by atoms with Gasteiger partial charge in [0.25, 0.3) is 11.8 Å². The summed E-state index contributed by atoms with van der Waals surface area (Å²) in [5.41, 5.74) is 1.39. The van der Waals surface area contributed by atoms with Crippen molar-refractivity contribution in [2.24, 2.45) is 5.92 Å². The number of rotatable bonds is 3. The molecule has 2 amide bonds. The van der Waals surface area contributed by atoms with E-state index in [1.54, 1.807) is 18.2 Å². The summed E-state index contributed by atoms with van der Waals surface area (Å²) < 4.78 is 13.4. The van der Waals surface area contributed by atoms with Crippen LogP contribution in [0, 0.1) is 11.7 Å². The minimum absolute atomic E-state index is 0.260. The number of benzene rings is 2. The molecule has 0 unspecified atom stereocenters. The van der Waals surface area contributed by atoms with Crippen molar-refractivity contribution in [2.75, 3.05) is 18.0 Å². The van der Waals surface area contributed by atoms with Gasteiger partial charge in [-0.15, -0.1) is 0 Å². The number of imide groups is 1. The topological polar surface area (TPSA) is 40.6 Å². The van der Waals surface area contributed by atoms with Crippen molar-refractivity contribution in [2.45, 2.75) is 19.8 Å². The van der Waals surface area contributed by atoms with Crippen LogP contribution in [0.2, 0.25) is 10.0 Å². The first kappa shape index (κ1) is 19.9. The number of likely N-dealkylation sites (tertiary alicyclic amines) is 1. The molecule has 2 heterocycles. The Labute approximate surface area is 178 Å². The summed E-state index contributed by atoms with van der Waals surface area (Å²) in [4.78, 5) is 29.8. The van der Waals surface area contributed by atoms with Crippen LogP contribution >= 0.6 is 23.2 Å². The highest BCUT2D eigenvalue weighted by molar-refractivity contribution is 6.47. The third-order valence-corrected chi connectivity index (χ3v) is 5.99. The van der Waals surface area contributed by atoms with Crippen molar-refractivity contribution < 1.29 is 14.0 Å². The Balaban J connectivity index is 1.83. The average molecular weight is 433 g/mol. The van der Waals surface area contributed by atoms with Gasteiger partial charge in [0.1, 0.15) is 11.5 Å². The molecule has 0 aromatic heterocycles. The standard InChI is InChI=1S/C22H19Cl2FN2O2/c1-13-8-10-26(11-9-13)20-19(17-7-2-14(23)12-18(17)24)21(28)27(22(20)29)16-5-3-15(25)4-6-16/h2-7,12-13H,8-11H2,1H3. The van der Waals surface area contributed by atoms with Crippen LogP contribution < -0.4 is 4.90 Å². The van der Waals surface area contributed by atoms with Gasteiger partial charge in [0.05, 0.1) is 16.3 Å². The van der Waals surface area contributed by atoms with Crippen molar-refractivity contribution in [3.8, 4) is 0 Å². The number of piperidine rings is 1. The summed E-state index contributed by atoms with van der Waals surface area (Å²) in [6.45, 7) is 3.54. The molecule has 29 heavy (non-hydrogen) atoms. The lowest BCUT2D eigenvalue weighted by Gasteiger charge is -2.32. The van der Waals surface area contributed by atoms with Gasteiger partial charge < -0.3 is 4.90 Å². The lowest BCUT2D eigenvalue weighted by Crippen LogP contribution is -2.38. The smallest absolute Gasteiger partial charge is 0.282 e. The Morgan fingerprint density at radius 3 is 2.24 bits per heavy atom. The zero-order chi connectivity index (χ0) is 20.7. The Kier molecular flexibility index (Phi) is 5.36. The summed E-state index contributed by atoms with van der Waals surface area (Å²) in [5.74, 6) is -0.765. The Bertz CT molecular complexity index is 1010. The SMILES string of the molecule is CC1CCN(C2=C(c3ccc(Cl)cc3Cl)C(=O)N(c3ccc(F)cc3)C2=O)CC1. The Morgan fingerprint density at radius 2 is 1.62 bits per heavy atom. The number of hydrogen-bond acceptors (Lipinski definition) is 3. The maximum absolute atomic E-state index is 13.4. The minimum atomic E-state index is -0.473. The summed E-state index contributed by atoms with van der Waals surface area (Å²) in [6.07, 6.45) is 1.87. The van der Waals surface area contributed by atoms with Crippen LogP contribution in [0.3, 0.4) is 0 Å². The van der Waals surface area contributed by atoms with Crippen LogP contribution in [0.25, 0.3) is 5.57 Å². The van der Waals surface area contributed by atoms with E-state index in [0.717, 1.165) is 17.7 Å². The molecule has 0 radical (unpaired) electrons. The van der Waals surface area contributed by atoms with Gasteiger partial charge in [-0.2, -0.15) is 0 Å². The van der Waals surface area contributed by atoms with E-state index < -0.39 is 17.6 Å². The monoisotopic (exact) mass is 432 g/mol. The third-order valence-electron chi connectivity index (χ3n) is 5.44. The van der Waals surface area contributed by atoms with Gasteiger partial charge in [-0.1, -0.05) is 36.2 Å². The van der Waals surface area contributed by atoms with Gasteiger partial charge in [-0.3, -0.25) is 9.59 Å². The third kappa shape index (κ3) is 3.65. The fraction of sp³-hybridized carbons (Fsp3) is 0.273.